The molecule has 1 aliphatic heterocycles. The van der Waals surface area contributed by atoms with Gasteiger partial charge in [0.1, 0.15) is 0 Å². The third-order valence-corrected chi connectivity index (χ3v) is 5.31. The molecule has 7 heteroatoms. The molecule has 2 heterocycles. The summed E-state index contributed by atoms with van der Waals surface area (Å²) in [6, 6.07) is 0. The standard InChI is InChI=1S/C17H29N5OS/c1-13-12-24-16(21-13)7-3-4-8-20-17(19-2)22-9-5-6-14(11-22)10-15(18)23/h12,14H,3-11H2,1-2H3,(H2,18,23)(H,19,20). The Bertz CT molecular complexity index is 557. The number of carbonyl (C=O) groups is 1. The number of aliphatic imine (C=N–C) groups is 1. The number of hydrogen-bond donors (Lipinski definition) is 2. The highest BCUT2D eigenvalue weighted by atomic mass is 32.1. The molecule has 0 bridgehead atoms. The van der Waals surface area contributed by atoms with Gasteiger partial charge < -0.3 is 16.0 Å². The largest absolute Gasteiger partial charge is 0.370 e. The molecule has 3 N–H and O–H groups in total. The zero-order valence-corrected chi connectivity index (χ0v) is 15.6. The summed E-state index contributed by atoms with van der Waals surface area (Å²) in [7, 11) is 1.82. The van der Waals surface area contributed by atoms with Crippen LogP contribution in [0.5, 0.6) is 0 Å². The van der Waals surface area contributed by atoms with E-state index in [2.05, 4.69) is 25.6 Å². The Balaban J connectivity index is 1.68. The van der Waals surface area contributed by atoms with Crippen LogP contribution in [0.3, 0.4) is 0 Å². The molecule has 1 aliphatic rings. The van der Waals surface area contributed by atoms with Crippen LogP contribution in [0.1, 0.15) is 42.8 Å². The molecule has 0 radical (unpaired) electrons. The predicted molar refractivity (Wildman–Crippen MR) is 99.3 cm³/mol. The first-order valence-corrected chi connectivity index (χ1v) is 9.61. The van der Waals surface area contributed by atoms with Crippen molar-refractivity contribution in [1.82, 2.24) is 15.2 Å². The number of nitrogens with zero attached hydrogens (tertiary/aromatic N) is 3. The normalized spacial score (nSPS) is 18.7. The monoisotopic (exact) mass is 351 g/mol. The Morgan fingerprint density at radius 3 is 3.04 bits per heavy atom. The number of piperidine rings is 1. The third-order valence-electron chi connectivity index (χ3n) is 4.29. The number of likely N-dealkylation sites (tertiary alicyclic amines) is 1. The van der Waals surface area contributed by atoms with Crippen molar-refractivity contribution in [2.45, 2.75) is 45.4 Å². The van der Waals surface area contributed by atoms with Gasteiger partial charge in [0.15, 0.2) is 5.96 Å². The Kier molecular flexibility index (Phi) is 7.49. The van der Waals surface area contributed by atoms with Crippen LogP contribution in [0.25, 0.3) is 0 Å². The molecule has 134 valence electrons. The average molecular weight is 352 g/mol. The number of guanidine groups is 1. The highest BCUT2D eigenvalue weighted by Gasteiger charge is 2.23. The number of thiazole rings is 1. The molecule has 1 fully saturated rings. The topological polar surface area (TPSA) is 83.6 Å². The van der Waals surface area contributed by atoms with Crippen molar-refractivity contribution >= 4 is 23.2 Å². The van der Waals surface area contributed by atoms with E-state index in [0.717, 1.165) is 63.4 Å². The SMILES string of the molecule is CN=C(NCCCCc1nc(C)cs1)N1CCCC(CC(N)=O)C1. The van der Waals surface area contributed by atoms with E-state index >= 15 is 0 Å². The zero-order valence-electron chi connectivity index (χ0n) is 14.8. The van der Waals surface area contributed by atoms with Crippen molar-refractivity contribution < 1.29 is 4.79 Å². The molecule has 1 aromatic heterocycles. The van der Waals surface area contributed by atoms with E-state index in [0.29, 0.717) is 12.3 Å². The summed E-state index contributed by atoms with van der Waals surface area (Å²) >= 11 is 1.74. The van der Waals surface area contributed by atoms with E-state index in [-0.39, 0.29) is 5.91 Å². The fourth-order valence-corrected chi connectivity index (χ4v) is 3.98. The van der Waals surface area contributed by atoms with Gasteiger partial charge in [-0.2, -0.15) is 0 Å². The van der Waals surface area contributed by atoms with Crippen LogP contribution >= 0.6 is 11.3 Å². The lowest BCUT2D eigenvalue weighted by atomic mass is 9.95. The van der Waals surface area contributed by atoms with Gasteiger partial charge in [-0.25, -0.2) is 4.98 Å². The maximum absolute atomic E-state index is 11.1. The number of aromatic nitrogens is 1. The second-order valence-corrected chi connectivity index (χ2v) is 7.38. The van der Waals surface area contributed by atoms with Crippen LogP contribution in [0.2, 0.25) is 0 Å². The first kappa shape index (κ1) is 18.7. The van der Waals surface area contributed by atoms with Gasteiger partial charge in [0.05, 0.1) is 5.01 Å². The lowest BCUT2D eigenvalue weighted by Gasteiger charge is -2.34. The minimum Gasteiger partial charge on any atom is -0.370 e. The molecule has 1 unspecified atom stereocenters. The number of aryl methyl sites for hydroxylation is 2. The van der Waals surface area contributed by atoms with Gasteiger partial charge >= 0.3 is 0 Å². The number of hydrogen-bond acceptors (Lipinski definition) is 4. The summed E-state index contributed by atoms with van der Waals surface area (Å²) in [5, 5.41) is 6.78. The predicted octanol–water partition coefficient (Wildman–Crippen LogP) is 1.94. The molecule has 2 rings (SSSR count). The number of carbonyl (C=O) groups excluding carboxylic acids is 1. The van der Waals surface area contributed by atoms with Crippen LogP contribution < -0.4 is 11.1 Å². The second kappa shape index (κ2) is 9.61. The lowest BCUT2D eigenvalue weighted by Crippen LogP contribution is -2.47. The number of amides is 1. The highest BCUT2D eigenvalue weighted by Crippen LogP contribution is 2.19. The summed E-state index contributed by atoms with van der Waals surface area (Å²) < 4.78 is 0. The minimum absolute atomic E-state index is 0.206. The summed E-state index contributed by atoms with van der Waals surface area (Å²) in [4.78, 5) is 22.3. The maximum Gasteiger partial charge on any atom is 0.217 e. The number of rotatable bonds is 7. The van der Waals surface area contributed by atoms with E-state index in [4.69, 9.17) is 5.73 Å². The van der Waals surface area contributed by atoms with E-state index in [9.17, 15) is 4.79 Å². The number of unbranched alkanes of at least 4 members (excludes halogenated alkanes) is 1. The molecule has 1 atom stereocenters. The molecule has 0 aromatic carbocycles. The maximum atomic E-state index is 11.1. The summed E-state index contributed by atoms with van der Waals surface area (Å²) in [6.07, 6.45) is 5.90. The summed E-state index contributed by atoms with van der Waals surface area (Å²) in [5.74, 6) is 1.08. The first-order chi connectivity index (χ1) is 11.6. The first-order valence-electron chi connectivity index (χ1n) is 8.73. The lowest BCUT2D eigenvalue weighted by molar-refractivity contribution is -0.119. The smallest absolute Gasteiger partial charge is 0.217 e. The highest BCUT2D eigenvalue weighted by molar-refractivity contribution is 7.09. The Morgan fingerprint density at radius 1 is 1.54 bits per heavy atom. The van der Waals surface area contributed by atoms with Gasteiger partial charge in [-0.1, -0.05) is 0 Å². The quantitative estimate of drug-likeness (QED) is 0.447. The van der Waals surface area contributed by atoms with Crippen LogP contribution in [0.4, 0.5) is 0 Å². The molecule has 0 aliphatic carbocycles. The Morgan fingerprint density at radius 2 is 2.38 bits per heavy atom. The van der Waals surface area contributed by atoms with E-state index in [1.54, 1.807) is 11.3 Å². The Labute approximate surface area is 148 Å². The van der Waals surface area contributed by atoms with E-state index in [1.807, 2.05) is 14.0 Å². The van der Waals surface area contributed by atoms with Gasteiger partial charge in [0, 0.05) is 44.2 Å². The third kappa shape index (κ3) is 6.11. The van der Waals surface area contributed by atoms with Crippen molar-refractivity contribution in [3.05, 3.63) is 16.1 Å². The van der Waals surface area contributed by atoms with Crippen molar-refractivity contribution in [1.29, 1.82) is 0 Å². The van der Waals surface area contributed by atoms with E-state index < -0.39 is 0 Å². The van der Waals surface area contributed by atoms with Crippen LogP contribution in [-0.2, 0) is 11.2 Å². The van der Waals surface area contributed by atoms with Crippen molar-refractivity contribution in [3.8, 4) is 0 Å². The second-order valence-electron chi connectivity index (χ2n) is 6.44. The van der Waals surface area contributed by atoms with Crippen LogP contribution in [0, 0.1) is 12.8 Å². The summed E-state index contributed by atoms with van der Waals surface area (Å²) in [6.45, 7) is 4.80. The molecule has 1 aromatic rings. The number of primary amides is 1. The molecule has 0 spiro atoms. The molecule has 1 saturated heterocycles. The fourth-order valence-electron chi connectivity index (χ4n) is 3.16. The fraction of sp³-hybridized carbons (Fsp3) is 0.706. The molecular formula is C17H29N5OS. The zero-order chi connectivity index (χ0) is 17.4. The summed E-state index contributed by atoms with van der Waals surface area (Å²) in [5.41, 5.74) is 6.45. The number of nitrogens with one attached hydrogen (secondary N) is 1. The number of nitrogens with two attached hydrogens (primary N) is 1. The van der Waals surface area contributed by atoms with Crippen LogP contribution in [-0.4, -0.2) is 48.4 Å². The van der Waals surface area contributed by atoms with Crippen molar-refractivity contribution in [3.63, 3.8) is 0 Å². The van der Waals surface area contributed by atoms with Gasteiger partial charge in [-0.15, -0.1) is 11.3 Å². The molecule has 24 heavy (non-hydrogen) atoms. The van der Waals surface area contributed by atoms with Crippen LogP contribution in [0.15, 0.2) is 10.4 Å². The van der Waals surface area contributed by atoms with Crippen molar-refractivity contribution in [2.75, 3.05) is 26.7 Å². The van der Waals surface area contributed by atoms with Gasteiger partial charge in [0.25, 0.3) is 0 Å². The van der Waals surface area contributed by atoms with Gasteiger partial charge in [-0.05, 0) is 44.9 Å². The molecule has 1 amide bonds. The van der Waals surface area contributed by atoms with Crippen molar-refractivity contribution in [2.24, 2.45) is 16.6 Å². The van der Waals surface area contributed by atoms with Gasteiger partial charge in [0.2, 0.25) is 5.91 Å². The van der Waals surface area contributed by atoms with E-state index in [1.165, 1.54) is 5.01 Å². The molecule has 0 saturated carbocycles. The molecular weight excluding hydrogens is 322 g/mol. The average Bonchev–Trinajstić information content (AvgIpc) is 2.96. The minimum atomic E-state index is -0.206. The molecule has 6 nitrogen and oxygen atoms in total. The van der Waals surface area contributed by atoms with Gasteiger partial charge in [-0.3, -0.25) is 9.79 Å². The Hall–Kier alpha value is -1.63.